The fourth-order valence-electron chi connectivity index (χ4n) is 6.46. The molecule has 6 heteroatoms. The number of hydrogen-bond acceptors (Lipinski definition) is 5. The smallest absolute Gasteiger partial charge is 0.346 e. The minimum Gasteiger partial charge on any atom is -0.477 e. The second kappa shape index (κ2) is 8.73. The summed E-state index contributed by atoms with van der Waals surface area (Å²) in [6, 6.07) is 5.97. The molecular weight excluding hydrogens is 476 g/mol. The van der Waals surface area contributed by atoms with Crippen molar-refractivity contribution in [3.8, 4) is 6.07 Å². The van der Waals surface area contributed by atoms with Gasteiger partial charge in [-0.2, -0.15) is 5.26 Å². The van der Waals surface area contributed by atoms with Gasteiger partial charge in [-0.25, -0.2) is 9.59 Å². The first kappa shape index (κ1) is 26.0. The fourth-order valence-corrected chi connectivity index (χ4v) is 6.46. The quantitative estimate of drug-likeness (QED) is 0.282. The number of aliphatic carboxylic acids is 1. The Morgan fingerprint density at radius 3 is 2.39 bits per heavy atom. The molecule has 1 aliphatic carbocycles. The lowest BCUT2D eigenvalue weighted by Gasteiger charge is -2.48. The molecule has 0 saturated carbocycles. The summed E-state index contributed by atoms with van der Waals surface area (Å²) in [6.45, 7) is 15.2. The van der Waals surface area contributed by atoms with E-state index < -0.39 is 5.97 Å². The van der Waals surface area contributed by atoms with Gasteiger partial charge in [-0.15, -0.1) is 0 Å². The van der Waals surface area contributed by atoms with Crippen LogP contribution in [0.4, 0.5) is 5.69 Å². The Morgan fingerprint density at radius 2 is 1.74 bits per heavy atom. The Morgan fingerprint density at radius 1 is 1.05 bits per heavy atom. The highest BCUT2D eigenvalue weighted by atomic mass is 16.4. The average molecular weight is 513 g/mol. The minimum atomic E-state index is -1.22. The van der Waals surface area contributed by atoms with E-state index >= 15 is 0 Å². The van der Waals surface area contributed by atoms with Gasteiger partial charge in [0.15, 0.2) is 0 Å². The highest BCUT2D eigenvalue weighted by molar-refractivity contribution is 5.93. The maximum absolute atomic E-state index is 13.2. The molecule has 2 aromatic rings. The van der Waals surface area contributed by atoms with Crippen LogP contribution in [0.25, 0.3) is 17.0 Å². The highest BCUT2D eigenvalue weighted by Gasteiger charge is 2.42. The normalized spacial score (nSPS) is 22.6. The third kappa shape index (κ3) is 4.38. The van der Waals surface area contributed by atoms with Crippen LogP contribution in [0.3, 0.4) is 0 Å². The van der Waals surface area contributed by atoms with E-state index in [4.69, 9.17) is 4.42 Å². The first-order chi connectivity index (χ1) is 17.7. The lowest BCUT2D eigenvalue weighted by molar-refractivity contribution is -0.132. The molecule has 3 aliphatic rings. The zero-order valence-corrected chi connectivity index (χ0v) is 23.2. The molecule has 0 bridgehead atoms. The summed E-state index contributed by atoms with van der Waals surface area (Å²) in [4.78, 5) is 27.3. The number of nitrogens with zero attached hydrogens (tertiary/aromatic N) is 2. The molecule has 198 valence electrons. The highest BCUT2D eigenvalue weighted by Crippen LogP contribution is 2.51. The van der Waals surface area contributed by atoms with Gasteiger partial charge < -0.3 is 14.4 Å². The molecule has 0 unspecified atom stereocenters. The number of rotatable bonds is 3. The molecular formula is C32H36N2O4. The molecule has 0 atom stereocenters. The average Bonchev–Trinajstić information content (AvgIpc) is 2.80. The molecule has 2 aliphatic heterocycles. The van der Waals surface area contributed by atoms with Crippen LogP contribution in [-0.2, 0) is 15.6 Å². The summed E-state index contributed by atoms with van der Waals surface area (Å²) in [5, 5.41) is 19.8. The van der Waals surface area contributed by atoms with Gasteiger partial charge in [-0.3, -0.25) is 0 Å². The van der Waals surface area contributed by atoms with Crippen molar-refractivity contribution in [1.29, 1.82) is 5.26 Å². The monoisotopic (exact) mass is 512 g/mol. The van der Waals surface area contributed by atoms with Crippen molar-refractivity contribution in [2.45, 2.75) is 78.1 Å². The van der Waals surface area contributed by atoms with Crippen molar-refractivity contribution in [1.82, 2.24) is 0 Å². The molecule has 6 nitrogen and oxygen atoms in total. The van der Waals surface area contributed by atoms with Gasteiger partial charge in [0.25, 0.3) is 0 Å². The van der Waals surface area contributed by atoms with E-state index in [-0.39, 0.29) is 27.4 Å². The molecule has 3 heterocycles. The predicted molar refractivity (Wildman–Crippen MR) is 150 cm³/mol. The number of fused-ring (bicyclic) bond motifs is 2. The topological polar surface area (TPSA) is 94.5 Å². The maximum atomic E-state index is 13.2. The number of hydrogen-bond donors (Lipinski definition) is 1. The Hall–Kier alpha value is -3.59. The number of carboxylic acids is 1. The number of anilines is 1. The molecule has 0 saturated heterocycles. The first-order valence-corrected chi connectivity index (χ1v) is 13.4. The molecule has 38 heavy (non-hydrogen) atoms. The largest absolute Gasteiger partial charge is 0.477 e. The number of carboxylic acid groups (broad SMARTS) is 1. The van der Waals surface area contributed by atoms with Crippen molar-refractivity contribution >= 4 is 28.7 Å². The van der Waals surface area contributed by atoms with Crippen LogP contribution in [0, 0.1) is 16.7 Å². The van der Waals surface area contributed by atoms with Crippen molar-refractivity contribution in [2.24, 2.45) is 5.41 Å². The SMILES string of the molecule is CC1(C)CC(C=Cc2cc3cc4c5c(c3oc2=O)C(C)(C)CCN5CCC4(C)C)=CC(=C(C#N)C(=O)O)C1. The van der Waals surface area contributed by atoms with E-state index in [1.807, 2.05) is 18.2 Å². The lowest BCUT2D eigenvalue weighted by atomic mass is 9.69. The second-order valence-corrected chi connectivity index (χ2v) is 13.2. The molecule has 0 fully saturated rings. The summed E-state index contributed by atoms with van der Waals surface area (Å²) in [5.41, 5.74) is 5.32. The molecule has 0 spiro atoms. The third-order valence-electron chi connectivity index (χ3n) is 8.59. The Balaban J connectivity index is 1.64. The predicted octanol–water partition coefficient (Wildman–Crippen LogP) is 6.63. The van der Waals surface area contributed by atoms with Crippen LogP contribution in [0.1, 0.15) is 83.9 Å². The number of carbonyl (C=O) groups is 1. The van der Waals surface area contributed by atoms with E-state index in [1.54, 1.807) is 12.2 Å². The van der Waals surface area contributed by atoms with Gasteiger partial charge in [0, 0.05) is 29.7 Å². The van der Waals surface area contributed by atoms with Crippen molar-refractivity contribution in [3.05, 3.63) is 68.1 Å². The lowest BCUT2D eigenvalue weighted by Crippen LogP contribution is -2.44. The van der Waals surface area contributed by atoms with Gasteiger partial charge in [0.05, 0.1) is 5.56 Å². The molecule has 0 radical (unpaired) electrons. The number of nitriles is 1. The number of allylic oxidation sites excluding steroid dienone is 4. The third-order valence-corrected chi connectivity index (χ3v) is 8.59. The maximum Gasteiger partial charge on any atom is 0.346 e. The number of benzene rings is 1. The van der Waals surface area contributed by atoms with Crippen LogP contribution < -0.4 is 10.5 Å². The van der Waals surface area contributed by atoms with E-state index in [0.717, 1.165) is 42.5 Å². The van der Waals surface area contributed by atoms with Gasteiger partial charge in [-0.05, 0) is 76.8 Å². The summed E-state index contributed by atoms with van der Waals surface area (Å²) in [7, 11) is 0. The minimum absolute atomic E-state index is 0.0259. The van der Waals surface area contributed by atoms with E-state index in [1.165, 1.54) is 11.3 Å². The van der Waals surface area contributed by atoms with Crippen molar-refractivity contribution in [2.75, 3.05) is 18.0 Å². The summed E-state index contributed by atoms with van der Waals surface area (Å²) >= 11 is 0. The molecule has 1 aromatic carbocycles. The Labute approximate surface area is 223 Å². The van der Waals surface area contributed by atoms with Crippen LogP contribution >= 0.6 is 0 Å². The van der Waals surface area contributed by atoms with Crippen LogP contribution in [0.15, 0.2) is 50.2 Å². The van der Waals surface area contributed by atoms with E-state index in [0.29, 0.717) is 29.6 Å². The zero-order valence-electron chi connectivity index (χ0n) is 23.2. The fraction of sp³-hybridized carbons (Fsp3) is 0.469. The van der Waals surface area contributed by atoms with Gasteiger partial charge in [0.1, 0.15) is 17.2 Å². The van der Waals surface area contributed by atoms with Gasteiger partial charge in [-0.1, -0.05) is 53.7 Å². The van der Waals surface area contributed by atoms with Crippen LogP contribution in [0.5, 0.6) is 0 Å². The summed E-state index contributed by atoms with van der Waals surface area (Å²) in [5.74, 6) is -1.22. The molecule has 5 rings (SSSR count). The standard InChI is InChI=1S/C32H36N2O4/c1-30(2)16-19(13-22(17-30)23(18-33)28(35)36)7-8-20-14-21-15-24-26-25(27(21)38-29(20)37)32(5,6)10-12-34(26)11-9-31(24,3)4/h7-8,13-15H,9-12,16-17H2,1-6H3,(H,35,36). The summed E-state index contributed by atoms with van der Waals surface area (Å²) < 4.78 is 6.07. The summed E-state index contributed by atoms with van der Waals surface area (Å²) in [6.07, 6.45) is 8.69. The molecule has 0 amide bonds. The molecule has 1 N–H and O–H groups in total. The van der Waals surface area contributed by atoms with Crippen LogP contribution in [0.2, 0.25) is 0 Å². The zero-order chi connectivity index (χ0) is 27.6. The van der Waals surface area contributed by atoms with Gasteiger partial charge in [0.2, 0.25) is 0 Å². The van der Waals surface area contributed by atoms with Crippen molar-refractivity contribution in [3.63, 3.8) is 0 Å². The van der Waals surface area contributed by atoms with Crippen molar-refractivity contribution < 1.29 is 14.3 Å². The van der Waals surface area contributed by atoms with Gasteiger partial charge >= 0.3 is 11.6 Å². The second-order valence-electron chi connectivity index (χ2n) is 13.2. The Bertz CT molecular complexity index is 1550. The van der Waals surface area contributed by atoms with E-state index in [2.05, 4.69) is 52.5 Å². The van der Waals surface area contributed by atoms with Crippen LogP contribution in [-0.4, -0.2) is 24.2 Å². The van der Waals surface area contributed by atoms with E-state index in [9.17, 15) is 20.0 Å². The Kier molecular flexibility index (Phi) is 5.98. The molecule has 1 aromatic heterocycles. The first-order valence-electron chi connectivity index (χ1n) is 13.4.